The normalized spacial score (nSPS) is 12.3. The summed E-state index contributed by atoms with van der Waals surface area (Å²) in [6.45, 7) is 9.77. The maximum absolute atomic E-state index is 13.6. The van der Waals surface area contributed by atoms with Crippen molar-refractivity contribution in [3.8, 4) is 0 Å². The Morgan fingerprint density at radius 1 is 1.10 bits per heavy atom. The Labute approximate surface area is 187 Å². The fourth-order valence-corrected chi connectivity index (χ4v) is 3.80. The number of carbonyl (C=O) groups excluding carboxylic acids is 2. The molecule has 3 rings (SSSR count). The minimum absolute atomic E-state index is 0.215. The van der Waals surface area contributed by atoms with Gasteiger partial charge in [-0.15, -0.1) is 5.10 Å². The molecule has 7 heteroatoms. The van der Waals surface area contributed by atoms with Crippen LogP contribution in [0.4, 0.5) is 5.69 Å². The van der Waals surface area contributed by atoms with Gasteiger partial charge in [-0.05, 0) is 68.4 Å². The number of amides is 2. The van der Waals surface area contributed by atoms with Crippen LogP contribution < -0.4 is 10.2 Å². The molecule has 31 heavy (non-hydrogen) atoms. The lowest BCUT2D eigenvalue weighted by Gasteiger charge is -2.34. The van der Waals surface area contributed by atoms with E-state index in [1.54, 1.807) is 5.38 Å². The van der Waals surface area contributed by atoms with Gasteiger partial charge in [-0.2, -0.15) is 0 Å². The largest absolute Gasteiger partial charge is 0.349 e. The molecule has 1 atom stereocenters. The predicted molar refractivity (Wildman–Crippen MR) is 124 cm³/mol. The van der Waals surface area contributed by atoms with Crippen molar-refractivity contribution < 1.29 is 9.59 Å². The van der Waals surface area contributed by atoms with Crippen molar-refractivity contribution in [2.24, 2.45) is 0 Å². The second-order valence-electron chi connectivity index (χ2n) is 8.49. The molecular formula is C24H28N4O2S. The van der Waals surface area contributed by atoms with E-state index in [9.17, 15) is 9.59 Å². The summed E-state index contributed by atoms with van der Waals surface area (Å²) in [5.41, 5.74) is 3.20. The van der Waals surface area contributed by atoms with Gasteiger partial charge >= 0.3 is 0 Å². The topological polar surface area (TPSA) is 75.2 Å². The van der Waals surface area contributed by atoms with Crippen LogP contribution in [0.1, 0.15) is 60.9 Å². The van der Waals surface area contributed by atoms with Gasteiger partial charge in [0.2, 0.25) is 5.91 Å². The molecule has 0 aliphatic heterocycles. The fraction of sp³-hybridized carbons (Fsp3) is 0.333. The third-order valence-electron chi connectivity index (χ3n) is 4.88. The number of para-hydroxylation sites is 1. The molecule has 1 heterocycles. The zero-order chi connectivity index (χ0) is 22.6. The van der Waals surface area contributed by atoms with Crippen molar-refractivity contribution in [1.29, 1.82) is 0 Å². The Balaban J connectivity index is 2.19. The minimum Gasteiger partial charge on any atom is -0.349 e. The highest BCUT2D eigenvalue weighted by molar-refractivity contribution is 7.03. The first-order chi connectivity index (χ1) is 14.7. The predicted octanol–water partition coefficient (Wildman–Crippen LogP) is 4.71. The van der Waals surface area contributed by atoms with Crippen molar-refractivity contribution in [3.63, 3.8) is 0 Å². The molecule has 0 unspecified atom stereocenters. The van der Waals surface area contributed by atoms with Gasteiger partial charge in [-0.25, -0.2) is 0 Å². The van der Waals surface area contributed by atoms with Crippen molar-refractivity contribution in [2.45, 2.75) is 52.6 Å². The molecule has 2 amide bonds. The van der Waals surface area contributed by atoms with Crippen molar-refractivity contribution >= 4 is 29.0 Å². The van der Waals surface area contributed by atoms with E-state index in [-0.39, 0.29) is 17.5 Å². The molecule has 6 nitrogen and oxygen atoms in total. The van der Waals surface area contributed by atoms with Crippen LogP contribution in [0.2, 0.25) is 0 Å². The zero-order valence-electron chi connectivity index (χ0n) is 18.5. The monoisotopic (exact) mass is 436 g/mol. The molecular weight excluding hydrogens is 408 g/mol. The first kappa shape index (κ1) is 22.6. The highest BCUT2D eigenvalue weighted by Gasteiger charge is 2.36. The average Bonchev–Trinajstić information content (AvgIpc) is 3.26. The molecule has 2 aromatic carbocycles. The van der Waals surface area contributed by atoms with E-state index in [2.05, 4.69) is 21.8 Å². The smallest absolute Gasteiger partial charge is 0.280 e. The Bertz CT molecular complexity index is 1040. The first-order valence-electron chi connectivity index (χ1n) is 10.3. The van der Waals surface area contributed by atoms with Crippen LogP contribution in [0.3, 0.4) is 0 Å². The van der Waals surface area contributed by atoms with Gasteiger partial charge in [-0.1, -0.05) is 53.9 Å². The van der Waals surface area contributed by atoms with Crippen LogP contribution >= 0.6 is 11.5 Å². The summed E-state index contributed by atoms with van der Waals surface area (Å²) < 4.78 is 3.84. The highest BCUT2D eigenvalue weighted by Crippen LogP contribution is 2.32. The lowest BCUT2D eigenvalue weighted by atomic mass is 9.98. The molecule has 0 radical (unpaired) electrons. The summed E-state index contributed by atoms with van der Waals surface area (Å²) in [7, 11) is 0. The summed E-state index contributed by atoms with van der Waals surface area (Å²) in [5.74, 6) is -0.617. The first-order valence-corrected chi connectivity index (χ1v) is 11.1. The molecule has 0 saturated carbocycles. The number of aryl methyl sites for hydroxylation is 2. The molecule has 3 aromatic rings. The van der Waals surface area contributed by atoms with Crippen LogP contribution in [-0.2, 0) is 11.2 Å². The average molecular weight is 437 g/mol. The molecule has 0 bridgehead atoms. The van der Waals surface area contributed by atoms with Gasteiger partial charge < -0.3 is 5.32 Å². The van der Waals surface area contributed by atoms with E-state index in [0.29, 0.717) is 5.69 Å². The van der Waals surface area contributed by atoms with Gasteiger partial charge in [0.05, 0.1) is 0 Å². The number of hydrogen-bond donors (Lipinski definition) is 1. The highest BCUT2D eigenvalue weighted by atomic mass is 32.1. The van der Waals surface area contributed by atoms with Gasteiger partial charge in [0.1, 0.15) is 6.04 Å². The molecule has 0 saturated heterocycles. The number of carbonyl (C=O) groups is 2. The van der Waals surface area contributed by atoms with Gasteiger partial charge in [-0.3, -0.25) is 14.5 Å². The van der Waals surface area contributed by atoms with Gasteiger partial charge in [0.25, 0.3) is 5.91 Å². The molecule has 162 valence electrons. The molecule has 0 fully saturated rings. The summed E-state index contributed by atoms with van der Waals surface area (Å²) in [4.78, 5) is 28.7. The SMILES string of the molecule is CCc1ccc([C@@H](C(=O)NC(C)(C)C)N(C(=O)c2csnn2)c2ccccc2C)cc1. The van der Waals surface area contributed by atoms with Crippen LogP contribution in [0.5, 0.6) is 0 Å². The maximum Gasteiger partial charge on any atom is 0.280 e. The second-order valence-corrected chi connectivity index (χ2v) is 9.10. The minimum atomic E-state index is -0.861. The van der Waals surface area contributed by atoms with E-state index in [1.165, 1.54) is 4.90 Å². The number of nitrogens with zero attached hydrogens (tertiary/aromatic N) is 3. The standard InChI is InChI=1S/C24H28N4O2S/c1-6-17-11-13-18(14-12-17)21(22(29)25-24(3,4)5)28(20-10-8-7-9-16(20)2)23(30)19-15-31-27-26-19/h7-15,21H,6H2,1-5H3,(H,25,29)/t21-/m0/s1. The molecule has 1 N–H and O–H groups in total. The van der Waals surface area contributed by atoms with E-state index in [0.717, 1.165) is 34.6 Å². The maximum atomic E-state index is 13.6. The molecule has 0 spiro atoms. The van der Waals surface area contributed by atoms with E-state index in [4.69, 9.17) is 0 Å². The zero-order valence-corrected chi connectivity index (χ0v) is 19.4. The number of nitrogens with one attached hydrogen (secondary N) is 1. The third kappa shape index (κ3) is 5.35. The Morgan fingerprint density at radius 2 is 1.77 bits per heavy atom. The third-order valence-corrected chi connectivity index (χ3v) is 5.39. The number of rotatable bonds is 6. The fourth-order valence-electron chi connectivity index (χ4n) is 3.37. The lowest BCUT2D eigenvalue weighted by Crippen LogP contribution is -2.49. The number of hydrogen-bond acceptors (Lipinski definition) is 5. The van der Waals surface area contributed by atoms with Gasteiger partial charge in [0, 0.05) is 16.6 Å². The van der Waals surface area contributed by atoms with E-state index >= 15 is 0 Å². The Morgan fingerprint density at radius 3 is 2.32 bits per heavy atom. The molecule has 0 aliphatic carbocycles. The van der Waals surface area contributed by atoms with E-state index < -0.39 is 11.6 Å². The molecule has 1 aromatic heterocycles. The quantitative estimate of drug-likeness (QED) is 0.607. The number of benzene rings is 2. The van der Waals surface area contributed by atoms with Crippen LogP contribution in [0.25, 0.3) is 0 Å². The Kier molecular flexibility index (Phi) is 6.85. The Hall–Kier alpha value is -3.06. The number of aromatic nitrogens is 2. The van der Waals surface area contributed by atoms with Gasteiger partial charge in [0.15, 0.2) is 5.69 Å². The summed E-state index contributed by atoms with van der Waals surface area (Å²) in [6, 6.07) is 14.5. The van der Waals surface area contributed by atoms with Crippen molar-refractivity contribution in [1.82, 2.24) is 14.9 Å². The molecule has 0 aliphatic rings. The summed E-state index contributed by atoms with van der Waals surface area (Å²) >= 11 is 1.11. The summed E-state index contributed by atoms with van der Waals surface area (Å²) in [5, 5.41) is 8.63. The van der Waals surface area contributed by atoms with Crippen LogP contribution in [0.15, 0.2) is 53.9 Å². The summed E-state index contributed by atoms with van der Waals surface area (Å²) in [6.07, 6.45) is 0.893. The van der Waals surface area contributed by atoms with E-state index in [1.807, 2.05) is 76.2 Å². The van der Waals surface area contributed by atoms with Crippen molar-refractivity contribution in [2.75, 3.05) is 4.90 Å². The van der Waals surface area contributed by atoms with Crippen LogP contribution in [-0.4, -0.2) is 26.9 Å². The van der Waals surface area contributed by atoms with Crippen LogP contribution in [0, 0.1) is 6.92 Å². The second kappa shape index (κ2) is 9.39. The lowest BCUT2D eigenvalue weighted by molar-refractivity contribution is -0.123. The van der Waals surface area contributed by atoms with Crippen molar-refractivity contribution in [3.05, 3.63) is 76.3 Å². The number of anilines is 1.